The van der Waals surface area contributed by atoms with Crippen molar-refractivity contribution in [3.63, 3.8) is 0 Å². The molecule has 0 aromatic carbocycles. The van der Waals surface area contributed by atoms with Gasteiger partial charge in [0.2, 0.25) is 0 Å². The summed E-state index contributed by atoms with van der Waals surface area (Å²) in [7, 11) is 0. The third-order valence-corrected chi connectivity index (χ3v) is 3.05. The van der Waals surface area contributed by atoms with E-state index < -0.39 is 0 Å². The van der Waals surface area contributed by atoms with E-state index in [1.165, 1.54) is 0 Å². The van der Waals surface area contributed by atoms with Gasteiger partial charge in [-0.05, 0) is 24.5 Å². The number of nitrogens with zero attached hydrogens (tertiary/aromatic N) is 3. The minimum absolute atomic E-state index is 0.0385. The predicted octanol–water partition coefficient (Wildman–Crippen LogP) is 0.931. The summed E-state index contributed by atoms with van der Waals surface area (Å²) in [4.78, 5) is 13.8. The monoisotopic (exact) mass is 220 g/mol. The summed E-state index contributed by atoms with van der Waals surface area (Å²) in [5.41, 5.74) is 5.81. The van der Waals surface area contributed by atoms with Crippen molar-refractivity contribution in [2.75, 3.05) is 18.8 Å². The van der Waals surface area contributed by atoms with E-state index in [-0.39, 0.29) is 5.91 Å². The molecular formula is C11H16N4O. The number of amides is 1. The fourth-order valence-corrected chi connectivity index (χ4v) is 1.97. The topological polar surface area (TPSA) is 72.1 Å². The average molecular weight is 220 g/mol. The number of hydrogen-bond donors (Lipinski definition) is 1. The van der Waals surface area contributed by atoms with Crippen LogP contribution in [0.1, 0.15) is 30.3 Å². The van der Waals surface area contributed by atoms with Gasteiger partial charge >= 0.3 is 0 Å². The summed E-state index contributed by atoms with van der Waals surface area (Å²) in [5, 5.41) is 7.50. The number of anilines is 1. The molecule has 1 saturated heterocycles. The minimum Gasteiger partial charge on any atom is -0.382 e. The first-order valence-corrected chi connectivity index (χ1v) is 5.59. The minimum atomic E-state index is -0.0385. The number of likely N-dealkylation sites (tertiary alicyclic amines) is 1. The Balaban J connectivity index is 2.05. The normalized spacial score (nSPS) is 20.1. The zero-order valence-electron chi connectivity index (χ0n) is 9.39. The SMILES string of the molecule is CCC1CCN(C(=O)c2ccc(N)nn2)C1. The first-order valence-electron chi connectivity index (χ1n) is 5.59. The smallest absolute Gasteiger partial charge is 0.274 e. The van der Waals surface area contributed by atoms with E-state index in [0.29, 0.717) is 17.4 Å². The molecule has 1 aliphatic rings. The second-order valence-corrected chi connectivity index (χ2v) is 4.16. The molecule has 1 amide bonds. The second kappa shape index (κ2) is 4.47. The van der Waals surface area contributed by atoms with Crippen molar-refractivity contribution in [2.24, 2.45) is 5.92 Å². The van der Waals surface area contributed by atoms with Crippen LogP contribution in [0, 0.1) is 5.92 Å². The van der Waals surface area contributed by atoms with Crippen LogP contribution in [0.3, 0.4) is 0 Å². The number of nitrogen functional groups attached to an aromatic ring is 1. The van der Waals surface area contributed by atoms with Gasteiger partial charge in [-0.3, -0.25) is 4.79 Å². The van der Waals surface area contributed by atoms with Crippen molar-refractivity contribution in [1.82, 2.24) is 15.1 Å². The first-order chi connectivity index (χ1) is 7.70. The van der Waals surface area contributed by atoms with Crippen LogP contribution in [0.15, 0.2) is 12.1 Å². The van der Waals surface area contributed by atoms with Gasteiger partial charge in [-0.1, -0.05) is 13.3 Å². The van der Waals surface area contributed by atoms with Crippen LogP contribution in [0.2, 0.25) is 0 Å². The van der Waals surface area contributed by atoms with E-state index in [9.17, 15) is 4.79 Å². The molecule has 0 radical (unpaired) electrons. The lowest BCUT2D eigenvalue weighted by molar-refractivity contribution is 0.0780. The van der Waals surface area contributed by atoms with E-state index in [0.717, 1.165) is 25.9 Å². The lowest BCUT2D eigenvalue weighted by Crippen LogP contribution is -2.29. The molecule has 1 aliphatic heterocycles. The summed E-state index contributed by atoms with van der Waals surface area (Å²) in [5.74, 6) is 0.929. The van der Waals surface area contributed by atoms with Gasteiger partial charge in [0.05, 0.1) is 0 Å². The van der Waals surface area contributed by atoms with Crippen LogP contribution in [-0.2, 0) is 0 Å². The predicted molar refractivity (Wildman–Crippen MR) is 60.7 cm³/mol. The fourth-order valence-electron chi connectivity index (χ4n) is 1.97. The van der Waals surface area contributed by atoms with Gasteiger partial charge in [0, 0.05) is 13.1 Å². The number of hydrogen-bond acceptors (Lipinski definition) is 4. The summed E-state index contributed by atoms with van der Waals surface area (Å²) < 4.78 is 0. The van der Waals surface area contributed by atoms with Crippen LogP contribution >= 0.6 is 0 Å². The lowest BCUT2D eigenvalue weighted by atomic mass is 10.1. The Morgan fingerprint density at radius 2 is 2.38 bits per heavy atom. The zero-order valence-corrected chi connectivity index (χ0v) is 9.39. The summed E-state index contributed by atoms with van der Waals surface area (Å²) in [6, 6.07) is 3.23. The molecule has 0 saturated carbocycles. The maximum atomic E-state index is 12.0. The molecule has 86 valence electrons. The molecule has 0 aliphatic carbocycles. The average Bonchev–Trinajstić information content (AvgIpc) is 2.77. The maximum absolute atomic E-state index is 12.0. The molecular weight excluding hydrogens is 204 g/mol. The molecule has 1 aromatic rings. The van der Waals surface area contributed by atoms with Gasteiger partial charge in [0.25, 0.3) is 5.91 Å². The van der Waals surface area contributed by atoms with Gasteiger partial charge in [0.1, 0.15) is 5.82 Å². The number of carbonyl (C=O) groups excluding carboxylic acids is 1. The largest absolute Gasteiger partial charge is 0.382 e. The van der Waals surface area contributed by atoms with Gasteiger partial charge < -0.3 is 10.6 Å². The van der Waals surface area contributed by atoms with Crippen molar-refractivity contribution < 1.29 is 4.79 Å². The highest BCUT2D eigenvalue weighted by molar-refractivity contribution is 5.92. The van der Waals surface area contributed by atoms with Gasteiger partial charge in [-0.15, -0.1) is 10.2 Å². The third-order valence-electron chi connectivity index (χ3n) is 3.05. The summed E-state index contributed by atoms with van der Waals surface area (Å²) in [6.45, 7) is 3.81. The first kappa shape index (κ1) is 10.9. The quantitative estimate of drug-likeness (QED) is 0.804. The maximum Gasteiger partial charge on any atom is 0.274 e. The van der Waals surface area contributed by atoms with Crippen LogP contribution in [0.4, 0.5) is 5.82 Å². The van der Waals surface area contributed by atoms with Crippen molar-refractivity contribution >= 4 is 11.7 Å². The Morgan fingerprint density at radius 3 is 2.94 bits per heavy atom. The summed E-state index contributed by atoms with van der Waals surface area (Å²) >= 11 is 0. The molecule has 0 spiro atoms. The van der Waals surface area contributed by atoms with Crippen LogP contribution in [0.5, 0.6) is 0 Å². The van der Waals surface area contributed by atoms with Gasteiger partial charge in [-0.2, -0.15) is 0 Å². The fraction of sp³-hybridized carbons (Fsp3) is 0.545. The van der Waals surface area contributed by atoms with Gasteiger partial charge in [0.15, 0.2) is 5.69 Å². The molecule has 16 heavy (non-hydrogen) atoms. The number of nitrogens with two attached hydrogens (primary N) is 1. The Morgan fingerprint density at radius 1 is 1.56 bits per heavy atom. The van der Waals surface area contributed by atoms with Crippen molar-refractivity contribution in [2.45, 2.75) is 19.8 Å². The van der Waals surface area contributed by atoms with E-state index in [1.54, 1.807) is 12.1 Å². The van der Waals surface area contributed by atoms with Crippen LogP contribution in [-0.4, -0.2) is 34.1 Å². The molecule has 5 heteroatoms. The molecule has 1 atom stereocenters. The third kappa shape index (κ3) is 2.13. The van der Waals surface area contributed by atoms with E-state index in [4.69, 9.17) is 5.73 Å². The molecule has 0 bridgehead atoms. The lowest BCUT2D eigenvalue weighted by Gasteiger charge is -2.15. The Kier molecular flexibility index (Phi) is 3.03. The van der Waals surface area contributed by atoms with Crippen molar-refractivity contribution in [1.29, 1.82) is 0 Å². The molecule has 1 aromatic heterocycles. The molecule has 1 fully saturated rings. The standard InChI is InChI=1S/C11H16N4O/c1-2-8-5-6-15(7-8)11(16)9-3-4-10(12)14-13-9/h3-4,8H,2,5-7H2,1H3,(H2,12,14). The Bertz CT molecular complexity index is 376. The van der Waals surface area contributed by atoms with E-state index in [2.05, 4.69) is 17.1 Å². The van der Waals surface area contributed by atoms with E-state index in [1.807, 2.05) is 4.90 Å². The van der Waals surface area contributed by atoms with Crippen molar-refractivity contribution in [3.8, 4) is 0 Å². The molecule has 2 rings (SSSR count). The summed E-state index contributed by atoms with van der Waals surface area (Å²) in [6.07, 6.45) is 2.21. The highest BCUT2D eigenvalue weighted by Gasteiger charge is 2.26. The number of carbonyl (C=O) groups is 1. The molecule has 5 nitrogen and oxygen atoms in total. The number of aromatic nitrogens is 2. The number of rotatable bonds is 2. The molecule has 2 N–H and O–H groups in total. The molecule has 2 heterocycles. The van der Waals surface area contributed by atoms with Crippen LogP contribution in [0.25, 0.3) is 0 Å². The van der Waals surface area contributed by atoms with E-state index >= 15 is 0 Å². The highest BCUT2D eigenvalue weighted by atomic mass is 16.2. The van der Waals surface area contributed by atoms with Crippen LogP contribution < -0.4 is 5.73 Å². The second-order valence-electron chi connectivity index (χ2n) is 4.16. The Hall–Kier alpha value is -1.65. The molecule has 1 unspecified atom stereocenters. The Labute approximate surface area is 94.6 Å². The van der Waals surface area contributed by atoms with Gasteiger partial charge in [-0.25, -0.2) is 0 Å². The highest BCUT2D eigenvalue weighted by Crippen LogP contribution is 2.20. The van der Waals surface area contributed by atoms with Crippen molar-refractivity contribution in [3.05, 3.63) is 17.8 Å². The zero-order chi connectivity index (χ0) is 11.5.